The third-order valence-electron chi connectivity index (χ3n) is 6.70. The SMILES string of the molecule is CN1C(=O)Cc2cc(CC(=O)c3cc(NC(=O)C4C(c5cc(Cl)cc(Cl)c5)C4(Cl)Cl)ccc3Cl)ccc21. The second-order valence-corrected chi connectivity index (χ2v) is 11.9. The maximum Gasteiger partial charge on any atom is 0.231 e. The summed E-state index contributed by atoms with van der Waals surface area (Å²) in [5.41, 5.74) is 3.82. The summed E-state index contributed by atoms with van der Waals surface area (Å²) in [7, 11) is 1.73. The Balaban J connectivity index is 1.31. The molecule has 0 spiro atoms. The maximum atomic E-state index is 13.1. The van der Waals surface area contributed by atoms with Crippen LogP contribution < -0.4 is 10.2 Å². The van der Waals surface area contributed by atoms with E-state index in [1.807, 2.05) is 18.2 Å². The van der Waals surface area contributed by atoms with Crippen LogP contribution >= 0.6 is 58.0 Å². The number of nitrogens with zero attached hydrogens (tertiary/aromatic N) is 1. The van der Waals surface area contributed by atoms with Gasteiger partial charge in [0.05, 0.1) is 17.4 Å². The molecule has 5 nitrogen and oxygen atoms in total. The van der Waals surface area contributed by atoms with Gasteiger partial charge in [0.2, 0.25) is 11.8 Å². The zero-order valence-electron chi connectivity index (χ0n) is 19.3. The first-order valence-electron chi connectivity index (χ1n) is 11.3. The Kier molecular flexibility index (Phi) is 6.97. The van der Waals surface area contributed by atoms with E-state index in [4.69, 9.17) is 58.0 Å². The van der Waals surface area contributed by atoms with E-state index in [0.717, 1.165) is 16.8 Å². The second-order valence-electron chi connectivity index (χ2n) is 9.21. The summed E-state index contributed by atoms with van der Waals surface area (Å²) in [5, 5.41) is 3.89. The topological polar surface area (TPSA) is 66.5 Å². The Morgan fingerprint density at radius 1 is 1.00 bits per heavy atom. The van der Waals surface area contributed by atoms with Crippen LogP contribution in [0.25, 0.3) is 0 Å². The van der Waals surface area contributed by atoms with Crippen molar-refractivity contribution in [2.75, 3.05) is 17.3 Å². The molecule has 1 heterocycles. The number of alkyl halides is 2. The molecule has 0 bridgehead atoms. The number of ketones is 1. The number of carbonyl (C=O) groups is 3. The highest BCUT2D eigenvalue weighted by Crippen LogP contribution is 2.65. The zero-order chi connectivity index (χ0) is 26.6. The van der Waals surface area contributed by atoms with Crippen LogP contribution in [0.5, 0.6) is 0 Å². The number of benzene rings is 3. The predicted molar refractivity (Wildman–Crippen MR) is 149 cm³/mol. The predicted octanol–water partition coefficient (Wildman–Crippen LogP) is 7.12. The average Bonchev–Trinajstić information content (AvgIpc) is 3.29. The summed E-state index contributed by atoms with van der Waals surface area (Å²) >= 11 is 31.4. The molecular weight excluding hydrogens is 578 g/mol. The van der Waals surface area contributed by atoms with Gasteiger partial charge in [0, 0.05) is 46.4 Å². The lowest BCUT2D eigenvalue weighted by Crippen LogP contribution is -2.20. The molecule has 5 rings (SSSR count). The minimum absolute atomic E-state index is 0.0132. The largest absolute Gasteiger partial charge is 0.326 e. The van der Waals surface area contributed by atoms with Crippen LogP contribution in [0.4, 0.5) is 11.4 Å². The first-order chi connectivity index (χ1) is 17.5. The molecule has 2 amide bonds. The van der Waals surface area contributed by atoms with Gasteiger partial charge in [-0.1, -0.05) is 46.9 Å². The molecule has 2 unspecified atom stereocenters. The van der Waals surface area contributed by atoms with Crippen LogP contribution in [0, 0.1) is 5.92 Å². The van der Waals surface area contributed by atoms with Crippen LogP contribution in [0.15, 0.2) is 54.6 Å². The molecule has 3 aromatic rings. The van der Waals surface area contributed by atoms with Gasteiger partial charge in [-0.15, -0.1) is 23.2 Å². The van der Waals surface area contributed by atoms with E-state index in [2.05, 4.69) is 5.32 Å². The molecule has 2 atom stereocenters. The number of amides is 2. The fourth-order valence-corrected chi connectivity index (χ4v) is 6.37. The Bertz CT molecular complexity index is 1450. The van der Waals surface area contributed by atoms with E-state index in [9.17, 15) is 14.4 Å². The number of hydrogen-bond donors (Lipinski definition) is 1. The Morgan fingerprint density at radius 2 is 1.70 bits per heavy atom. The van der Waals surface area contributed by atoms with Crippen molar-refractivity contribution in [2.24, 2.45) is 5.92 Å². The standard InChI is InChI=1S/C27H19Cl5N2O3/c1-34-21-5-2-13(6-14(21)10-23(34)36)7-22(35)19-12-18(3-4-20(19)30)33-26(37)25-24(27(25,31)32)15-8-16(28)11-17(29)9-15/h2-6,8-9,11-12,24-25H,7,10H2,1H3,(H,33,37). The third-order valence-corrected chi connectivity index (χ3v) is 8.41. The van der Waals surface area contributed by atoms with Crippen LogP contribution in [-0.4, -0.2) is 29.0 Å². The lowest BCUT2D eigenvalue weighted by molar-refractivity contribution is -0.118. The summed E-state index contributed by atoms with van der Waals surface area (Å²) in [4.78, 5) is 39.7. The molecule has 10 heteroatoms. The lowest BCUT2D eigenvalue weighted by atomic mass is 10.00. The lowest BCUT2D eigenvalue weighted by Gasteiger charge is -2.11. The van der Waals surface area contributed by atoms with Crippen molar-refractivity contribution in [3.63, 3.8) is 0 Å². The number of hydrogen-bond acceptors (Lipinski definition) is 3. The van der Waals surface area contributed by atoms with Gasteiger partial charge < -0.3 is 10.2 Å². The van der Waals surface area contributed by atoms with Crippen LogP contribution in [0.2, 0.25) is 15.1 Å². The summed E-state index contributed by atoms with van der Waals surface area (Å²) in [6, 6.07) is 15.2. The Hall–Kier alpha value is -2.28. The van der Waals surface area contributed by atoms with Crippen molar-refractivity contribution in [2.45, 2.75) is 23.1 Å². The number of halogens is 5. The highest BCUT2D eigenvalue weighted by Gasteiger charge is 2.67. The number of likely N-dealkylation sites (N-methyl/N-ethyl adjacent to an activating group) is 1. The van der Waals surface area contributed by atoms with Gasteiger partial charge in [0.25, 0.3) is 0 Å². The molecule has 1 saturated carbocycles. The fraction of sp³-hybridized carbons (Fsp3) is 0.222. The summed E-state index contributed by atoms with van der Waals surface area (Å²) < 4.78 is -1.33. The van der Waals surface area contributed by atoms with Crippen molar-refractivity contribution in [1.82, 2.24) is 0 Å². The number of nitrogens with one attached hydrogen (secondary N) is 1. The van der Waals surface area contributed by atoms with Crippen molar-refractivity contribution in [1.29, 1.82) is 0 Å². The molecule has 1 N–H and O–H groups in total. The molecule has 1 aliphatic carbocycles. The van der Waals surface area contributed by atoms with Crippen molar-refractivity contribution in [3.8, 4) is 0 Å². The molecule has 2 aliphatic rings. The van der Waals surface area contributed by atoms with Crippen LogP contribution in [0.1, 0.15) is 33.0 Å². The van der Waals surface area contributed by atoms with Gasteiger partial charge in [-0.05, 0) is 59.2 Å². The molecule has 3 aromatic carbocycles. The molecular formula is C27H19Cl5N2O3. The second kappa shape index (κ2) is 9.79. The molecule has 37 heavy (non-hydrogen) atoms. The number of fused-ring (bicyclic) bond motifs is 1. The average molecular weight is 597 g/mol. The van der Waals surface area contributed by atoms with E-state index in [0.29, 0.717) is 27.7 Å². The summed E-state index contributed by atoms with van der Waals surface area (Å²) in [5.74, 6) is -1.85. The van der Waals surface area contributed by atoms with Gasteiger partial charge in [0.15, 0.2) is 5.78 Å². The third kappa shape index (κ3) is 5.08. The Labute approximate surface area is 238 Å². The van der Waals surface area contributed by atoms with E-state index in [1.54, 1.807) is 42.3 Å². The normalized spacial score (nSPS) is 19.5. The number of Topliss-reactive ketones (excluding diaryl/α,β-unsaturated/α-hetero) is 1. The highest BCUT2D eigenvalue weighted by atomic mass is 35.5. The zero-order valence-corrected chi connectivity index (χ0v) is 23.1. The van der Waals surface area contributed by atoms with E-state index < -0.39 is 22.1 Å². The number of carbonyl (C=O) groups excluding carboxylic acids is 3. The van der Waals surface area contributed by atoms with Crippen molar-refractivity contribution < 1.29 is 14.4 Å². The number of rotatable bonds is 6. The molecule has 1 aliphatic heterocycles. The first-order valence-corrected chi connectivity index (χ1v) is 13.2. The number of anilines is 2. The van der Waals surface area contributed by atoms with E-state index >= 15 is 0 Å². The van der Waals surface area contributed by atoms with Gasteiger partial charge in [-0.25, -0.2) is 0 Å². The smallest absolute Gasteiger partial charge is 0.231 e. The van der Waals surface area contributed by atoms with Gasteiger partial charge >= 0.3 is 0 Å². The first kappa shape index (κ1) is 26.3. The fourth-order valence-electron chi connectivity index (χ4n) is 4.77. The van der Waals surface area contributed by atoms with E-state index in [1.165, 1.54) is 6.07 Å². The summed E-state index contributed by atoms with van der Waals surface area (Å²) in [6.45, 7) is 0. The minimum Gasteiger partial charge on any atom is -0.326 e. The highest BCUT2D eigenvalue weighted by molar-refractivity contribution is 6.53. The molecule has 190 valence electrons. The molecule has 0 aromatic heterocycles. The monoisotopic (exact) mass is 594 g/mol. The van der Waals surface area contributed by atoms with Crippen molar-refractivity contribution in [3.05, 3.63) is 91.9 Å². The Morgan fingerprint density at radius 3 is 2.41 bits per heavy atom. The molecule has 0 radical (unpaired) electrons. The van der Waals surface area contributed by atoms with Gasteiger partial charge in [-0.3, -0.25) is 14.4 Å². The molecule has 1 fully saturated rings. The van der Waals surface area contributed by atoms with Crippen molar-refractivity contribution >= 4 is 87.0 Å². The van der Waals surface area contributed by atoms with Crippen LogP contribution in [0.3, 0.4) is 0 Å². The van der Waals surface area contributed by atoms with Gasteiger partial charge in [0.1, 0.15) is 4.33 Å². The van der Waals surface area contributed by atoms with Gasteiger partial charge in [-0.2, -0.15) is 0 Å². The quantitative estimate of drug-likeness (QED) is 0.244. The maximum absolute atomic E-state index is 13.1. The molecule has 0 saturated heterocycles. The van der Waals surface area contributed by atoms with E-state index in [-0.39, 0.29) is 28.7 Å². The summed E-state index contributed by atoms with van der Waals surface area (Å²) in [6.07, 6.45) is 0.400. The minimum atomic E-state index is -1.33. The van der Waals surface area contributed by atoms with Crippen LogP contribution in [-0.2, 0) is 22.4 Å².